The summed E-state index contributed by atoms with van der Waals surface area (Å²) in [5.74, 6) is -2.42. The molecule has 0 aromatic heterocycles. The molecule has 0 saturated heterocycles. The fourth-order valence-corrected chi connectivity index (χ4v) is 1.87. The minimum atomic E-state index is -4.51. The highest BCUT2D eigenvalue weighted by atomic mass is 32.1. The number of hydrogen-bond donors (Lipinski definition) is 1. The standard InChI is InChI=1S/C12H14F4N2S/c1-2-18(9-5-3-4-8(13)6-9)7-10(11(17)19)12(14,15)16/h3-6,10H,2,7H2,1H3,(H2,17,19). The Morgan fingerprint density at radius 2 is 2.05 bits per heavy atom. The fraction of sp³-hybridized carbons (Fsp3) is 0.417. The van der Waals surface area contributed by atoms with Crippen LogP contribution in [0.5, 0.6) is 0 Å². The topological polar surface area (TPSA) is 29.3 Å². The number of nitrogens with zero attached hydrogens (tertiary/aromatic N) is 1. The van der Waals surface area contributed by atoms with Crippen molar-refractivity contribution >= 4 is 22.9 Å². The molecule has 7 heteroatoms. The van der Waals surface area contributed by atoms with Crippen LogP contribution < -0.4 is 10.6 Å². The van der Waals surface area contributed by atoms with E-state index in [0.29, 0.717) is 12.2 Å². The third kappa shape index (κ3) is 4.34. The molecule has 1 rings (SSSR count). The average Bonchev–Trinajstić information content (AvgIpc) is 2.27. The van der Waals surface area contributed by atoms with Gasteiger partial charge in [-0.15, -0.1) is 0 Å². The van der Waals surface area contributed by atoms with E-state index < -0.39 is 29.4 Å². The lowest BCUT2D eigenvalue weighted by molar-refractivity contribution is -0.152. The van der Waals surface area contributed by atoms with Gasteiger partial charge >= 0.3 is 6.18 Å². The van der Waals surface area contributed by atoms with Crippen molar-refractivity contribution in [3.05, 3.63) is 30.1 Å². The van der Waals surface area contributed by atoms with E-state index in [1.807, 2.05) is 0 Å². The molecule has 0 amide bonds. The average molecular weight is 294 g/mol. The van der Waals surface area contributed by atoms with Gasteiger partial charge in [-0.1, -0.05) is 18.3 Å². The summed E-state index contributed by atoms with van der Waals surface area (Å²) in [5, 5.41) is 0. The van der Waals surface area contributed by atoms with Gasteiger partial charge in [0, 0.05) is 18.8 Å². The Morgan fingerprint density at radius 1 is 1.42 bits per heavy atom. The van der Waals surface area contributed by atoms with Crippen molar-refractivity contribution in [1.29, 1.82) is 0 Å². The monoisotopic (exact) mass is 294 g/mol. The van der Waals surface area contributed by atoms with Gasteiger partial charge in [0.1, 0.15) is 11.7 Å². The van der Waals surface area contributed by atoms with Gasteiger partial charge in [-0.05, 0) is 25.1 Å². The van der Waals surface area contributed by atoms with Gasteiger partial charge < -0.3 is 10.6 Å². The highest BCUT2D eigenvalue weighted by Crippen LogP contribution is 2.29. The zero-order chi connectivity index (χ0) is 14.6. The van der Waals surface area contributed by atoms with E-state index in [1.165, 1.54) is 23.1 Å². The summed E-state index contributed by atoms with van der Waals surface area (Å²) in [7, 11) is 0. The summed E-state index contributed by atoms with van der Waals surface area (Å²) in [6.07, 6.45) is -4.51. The lowest BCUT2D eigenvalue weighted by Gasteiger charge is -2.29. The Bertz CT molecular complexity index is 448. The molecule has 106 valence electrons. The van der Waals surface area contributed by atoms with Gasteiger partial charge in [0.05, 0.1) is 4.99 Å². The second-order valence-electron chi connectivity index (χ2n) is 4.02. The van der Waals surface area contributed by atoms with Crippen LogP contribution in [0.3, 0.4) is 0 Å². The molecule has 0 radical (unpaired) electrons. The van der Waals surface area contributed by atoms with E-state index in [1.54, 1.807) is 13.0 Å². The van der Waals surface area contributed by atoms with Crippen LogP contribution in [-0.4, -0.2) is 24.3 Å². The predicted molar refractivity (Wildman–Crippen MR) is 70.6 cm³/mol. The molecule has 19 heavy (non-hydrogen) atoms. The summed E-state index contributed by atoms with van der Waals surface area (Å²) < 4.78 is 51.5. The number of rotatable bonds is 5. The summed E-state index contributed by atoms with van der Waals surface area (Å²) in [6.45, 7) is 1.55. The number of nitrogens with two attached hydrogens (primary N) is 1. The summed E-state index contributed by atoms with van der Waals surface area (Å²) in [6, 6.07) is 5.39. The van der Waals surface area contributed by atoms with Crippen LogP contribution in [0.2, 0.25) is 0 Å². The second-order valence-corrected chi connectivity index (χ2v) is 4.49. The first-order valence-corrected chi connectivity index (χ1v) is 6.03. The minimum absolute atomic E-state index is 0.290. The maximum Gasteiger partial charge on any atom is 0.399 e. The SMILES string of the molecule is CCN(CC(C(N)=S)C(F)(F)F)c1cccc(F)c1. The molecule has 0 bridgehead atoms. The van der Waals surface area contributed by atoms with E-state index in [9.17, 15) is 17.6 Å². The van der Waals surface area contributed by atoms with E-state index in [4.69, 9.17) is 5.73 Å². The molecular formula is C12H14F4N2S. The van der Waals surface area contributed by atoms with Crippen LogP contribution in [-0.2, 0) is 0 Å². The molecule has 2 N–H and O–H groups in total. The van der Waals surface area contributed by atoms with Crippen molar-refractivity contribution in [3.8, 4) is 0 Å². The maximum atomic E-state index is 13.1. The van der Waals surface area contributed by atoms with Crippen LogP contribution in [0.4, 0.5) is 23.2 Å². The molecule has 0 spiro atoms. The van der Waals surface area contributed by atoms with Gasteiger partial charge in [0.15, 0.2) is 0 Å². The van der Waals surface area contributed by atoms with Gasteiger partial charge in [-0.3, -0.25) is 0 Å². The molecule has 1 aromatic rings. The highest BCUT2D eigenvalue weighted by molar-refractivity contribution is 7.80. The lowest BCUT2D eigenvalue weighted by Crippen LogP contribution is -2.43. The first kappa shape index (κ1) is 15.7. The molecule has 0 aliphatic carbocycles. The van der Waals surface area contributed by atoms with Crippen molar-refractivity contribution in [1.82, 2.24) is 0 Å². The van der Waals surface area contributed by atoms with Crippen LogP contribution in [0.15, 0.2) is 24.3 Å². The van der Waals surface area contributed by atoms with Gasteiger partial charge in [0.2, 0.25) is 0 Å². The predicted octanol–water partition coefficient (Wildman–Crippen LogP) is 3.12. The molecule has 0 aliphatic rings. The Kier molecular flexibility index (Phi) is 5.11. The smallest absolute Gasteiger partial charge is 0.393 e. The number of alkyl halides is 3. The summed E-state index contributed by atoms with van der Waals surface area (Å²) >= 11 is 4.46. The van der Waals surface area contributed by atoms with E-state index in [0.717, 1.165) is 0 Å². The van der Waals surface area contributed by atoms with E-state index in [-0.39, 0.29) is 0 Å². The molecule has 0 aliphatic heterocycles. The van der Waals surface area contributed by atoms with Crippen molar-refractivity contribution in [2.75, 3.05) is 18.0 Å². The Morgan fingerprint density at radius 3 is 2.47 bits per heavy atom. The van der Waals surface area contributed by atoms with Gasteiger partial charge in [0.25, 0.3) is 0 Å². The molecule has 0 saturated carbocycles. The molecule has 0 heterocycles. The van der Waals surface area contributed by atoms with E-state index >= 15 is 0 Å². The third-order valence-corrected chi connectivity index (χ3v) is 2.98. The van der Waals surface area contributed by atoms with Crippen molar-refractivity contribution < 1.29 is 17.6 Å². The molecule has 1 aromatic carbocycles. The van der Waals surface area contributed by atoms with Crippen LogP contribution in [0.25, 0.3) is 0 Å². The lowest BCUT2D eigenvalue weighted by atomic mass is 10.1. The Balaban J connectivity index is 2.95. The molecule has 1 atom stereocenters. The summed E-state index contributed by atoms with van der Waals surface area (Å²) in [5.41, 5.74) is 5.51. The second kappa shape index (κ2) is 6.18. The van der Waals surface area contributed by atoms with Crippen molar-refractivity contribution in [2.45, 2.75) is 13.1 Å². The largest absolute Gasteiger partial charge is 0.399 e. The van der Waals surface area contributed by atoms with Crippen molar-refractivity contribution in [2.24, 2.45) is 11.7 Å². The van der Waals surface area contributed by atoms with Crippen LogP contribution >= 0.6 is 12.2 Å². The molecular weight excluding hydrogens is 280 g/mol. The quantitative estimate of drug-likeness (QED) is 0.668. The highest BCUT2D eigenvalue weighted by Gasteiger charge is 2.42. The summed E-state index contributed by atoms with van der Waals surface area (Å²) in [4.78, 5) is 0.780. The first-order valence-electron chi connectivity index (χ1n) is 5.62. The number of benzene rings is 1. The molecule has 0 fully saturated rings. The van der Waals surface area contributed by atoms with E-state index in [2.05, 4.69) is 12.2 Å². The zero-order valence-corrected chi connectivity index (χ0v) is 11.1. The first-order chi connectivity index (χ1) is 8.75. The zero-order valence-electron chi connectivity index (χ0n) is 10.2. The number of hydrogen-bond acceptors (Lipinski definition) is 2. The van der Waals surface area contributed by atoms with Gasteiger partial charge in [-0.2, -0.15) is 13.2 Å². The number of anilines is 1. The number of halogens is 4. The normalized spacial score (nSPS) is 13.1. The maximum absolute atomic E-state index is 13.1. The van der Waals surface area contributed by atoms with Crippen LogP contribution in [0.1, 0.15) is 6.92 Å². The Labute approximate surface area is 114 Å². The molecule has 1 unspecified atom stereocenters. The third-order valence-electron chi connectivity index (χ3n) is 2.70. The minimum Gasteiger partial charge on any atom is -0.393 e. The van der Waals surface area contributed by atoms with Gasteiger partial charge in [-0.25, -0.2) is 4.39 Å². The van der Waals surface area contributed by atoms with Crippen molar-refractivity contribution in [3.63, 3.8) is 0 Å². The fourth-order valence-electron chi connectivity index (χ4n) is 1.67. The Hall–Kier alpha value is -1.37. The van der Waals surface area contributed by atoms with Crippen LogP contribution in [0, 0.1) is 11.7 Å². The number of thiocarbonyl (C=S) groups is 1. The molecule has 2 nitrogen and oxygen atoms in total.